The van der Waals surface area contributed by atoms with E-state index in [4.69, 9.17) is 15.2 Å². The molecule has 0 fully saturated rings. The minimum absolute atomic E-state index is 0.126. The van der Waals surface area contributed by atoms with Gasteiger partial charge in [0.15, 0.2) is 0 Å². The second-order valence-corrected chi connectivity index (χ2v) is 12.4. The second-order valence-electron chi connectivity index (χ2n) is 12.4. The van der Waals surface area contributed by atoms with E-state index >= 15 is 0 Å². The first kappa shape index (κ1) is 30.7. The Balaban J connectivity index is 1.85. The molecule has 0 radical (unpaired) electrons. The van der Waals surface area contributed by atoms with Crippen LogP contribution in [0.15, 0.2) is 0 Å². The summed E-state index contributed by atoms with van der Waals surface area (Å²) in [5.74, 6) is 3.92. The van der Waals surface area contributed by atoms with Crippen LogP contribution >= 0.6 is 0 Å². The van der Waals surface area contributed by atoms with Gasteiger partial charge in [0.1, 0.15) is 17.1 Å². The van der Waals surface area contributed by atoms with Gasteiger partial charge in [0.2, 0.25) is 0 Å². The number of rotatable bonds is 15. The molecule has 4 heteroatoms. The van der Waals surface area contributed by atoms with Crippen molar-refractivity contribution in [2.45, 2.75) is 138 Å². The van der Waals surface area contributed by atoms with E-state index in [0.29, 0.717) is 12.3 Å². The lowest BCUT2D eigenvalue weighted by molar-refractivity contribution is -0.134. The average molecular weight is 502 g/mol. The van der Waals surface area contributed by atoms with Crippen molar-refractivity contribution in [3.05, 3.63) is 22.3 Å². The standard InChI is InChI=1S/C32H55NO3/c1-22(2)12-9-13-23(3)14-10-15-24(4)16-11-19-32(8)20-17-28-27(7)30(35-29(34)18-21-33)25(5)26(6)31(28)36-32/h22-24H,9-21,33H2,1-8H3. The van der Waals surface area contributed by atoms with Crippen molar-refractivity contribution < 1.29 is 14.3 Å². The van der Waals surface area contributed by atoms with Crippen LogP contribution in [-0.4, -0.2) is 18.1 Å². The first-order chi connectivity index (χ1) is 17.0. The fourth-order valence-corrected chi connectivity index (χ4v) is 5.70. The van der Waals surface area contributed by atoms with Gasteiger partial charge in [0.05, 0.1) is 6.42 Å². The molecular formula is C32H55NO3. The highest BCUT2D eigenvalue weighted by Gasteiger charge is 2.34. The number of hydrogen-bond donors (Lipinski definition) is 1. The van der Waals surface area contributed by atoms with Crippen molar-refractivity contribution in [3.8, 4) is 11.5 Å². The maximum Gasteiger partial charge on any atom is 0.312 e. The van der Waals surface area contributed by atoms with Crippen molar-refractivity contribution in [1.29, 1.82) is 0 Å². The van der Waals surface area contributed by atoms with Gasteiger partial charge in [-0.3, -0.25) is 4.79 Å². The fraction of sp³-hybridized carbons (Fsp3) is 0.781. The van der Waals surface area contributed by atoms with Crippen LogP contribution in [0, 0.1) is 38.5 Å². The van der Waals surface area contributed by atoms with Crippen LogP contribution in [-0.2, 0) is 11.2 Å². The van der Waals surface area contributed by atoms with E-state index in [-0.39, 0.29) is 18.0 Å². The van der Waals surface area contributed by atoms with Gasteiger partial charge in [-0.1, -0.05) is 72.6 Å². The highest BCUT2D eigenvalue weighted by molar-refractivity contribution is 5.74. The molecule has 0 saturated heterocycles. The Hall–Kier alpha value is -1.55. The van der Waals surface area contributed by atoms with Gasteiger partial charge in [-0.05, 0) is 87.8 Å². The SMILES string of the molecule is Cc1c(C)c2c(c(C)c1OC(=O)CCN)CCC(C)(CCCC(C)CCCC(C)CCCC(C)C)O2. The quantitative estimate of drug-likeness (QED) is 0.194. The Kier molecular flexibility index (Phi) is 12.3. The van der Waals surface area contributed by atoms with Gasteiger partial charge in [-0.2, -0.15) is 0 Å². The van der Waals surface area contributed by atoms with Crippen LogP contribution in [0.4, 0.5) is 0 Å². The number of benzene rings is 1. The van der Waals surface area contributed by atoms with Crippen molar-refractivity contribution in [2.75, 3.05) is 6.54 Å². The number of carbonyl (C=O) groups is 1. The van der Waals surface area contributed by atoms with Crippen LogP contribution in [0.5, 0.6) is 11.5 Å². The summed E-state index contributed by atoms with van der Waals surface area (Å²) in [6, 6.07) is 0. The molecule has 36 heavy (non-hydrogen) atoms. The topological polar surface area (TPSA) is 61.5 Å². The molecule has 2 rings (SSSR count). The van der Waals surface area contributed by atoms with Gasteiger partial charge in [-0.25, -0.2) is 0 Å². The Bertz CT molecular complexity index is 847. The summed E-state index contributed by atoms with van der Waals surface area (Å²) in [4.78, 5) is 12.1. The van der Waals surface area contributed by atoms with Crippen LogP contribution in [0.25, 0.3) is 0 Å². The molecule has 0 saturated carbocycles. The molecule has 1 aliphatic rings. The molecule has 1 aliphatic heterocycles. The van der Waals surface area contributed by atoms with Crippen LogP contribution in [0.1, 0.15) is 128 Å². The summed E-state index contributed by atoms with van der Waals surface area (Å²) in [5.41, 5.74) is 9.72. The Morgan fingerprint density at radius 1 is 0.917 bits per heavy atom. The molecule has 0 bridgehead atoms. The first-order valence-corrected chi connectivity index (χ1v) is 14.7. The molecule has 1 aromatic rings. The van der Waals surface area contributed by atoms with Crippen molar-refractivity contribution in [3.63, 3.8) is 0 Å². The largest absolute Gasteiger partial charge is 0.487 e. The second kappa shape index (κ2) is 14.4. The minimum Gasteiger partial charge on any atom is -0.487 e. The molecule has 1 heterocycles. The van der Waals surface area contributed by atoms with E-state index < -0.39 is 0 Å². The van der Waals surface area contributed by atoms with E-state index in [2.05, 4.69) is 48.5 Å². The number of fused-ring (bicyclic) bond motifs is 1. The third-order valence-corrected chi connectivity index (χ3v) is 8.40. The Morgan fingerprint density at radius 2 is 1.50 bits per heavy atom. The number of ether oxygens (including phenoxy) is 2. The van der Waals surface area contributed by atoms with E-state index in [9.17, 15) is 4.79 Å². The molecule has 1 aromatic carbocycles. The van der Waals surface area contributed by atoms with Crippen molar-refractivity contribution in [1.82, 2.24) is 0 Å². The van der Waals surface area contributed by atoms with Gasteiger partial charge < -0.3 is 15.2 Å². The molecule has 3 unspecified atom stereocenters. The Morgan fingerprint density at radius 3 is 2.08 bits per heavy atom. The maximum absolute atomic E-state index is 12.1. The monoisotopic (exact) mass is 501 g/mol. The summed E-state index contributed by atoms with van der Waals surface area (Å²) in [7, 11) is 0. The lowest BCUT2D eigenvalue weighted by Gasteiger charge is -2.38. The molecule has 2 N–H and O–H groups in total. The smallest absolute Gasteiger partial charge is 0.312 e. The predicted molar refractivity (Wildman–Crippen MR) is 152 cm³/mol. The summed E-state index contributed by atoms with van der Waals surface area (Å²) >= 11 is 0. The molecule has 4 nitrogen and oxygen atoms in total. The molecule has 0 spiro atoms. The highest BCUT2D eigenvalue weighted by atomic mass is 16.5. The predicted octanol–water partition coefficient (Wildman–Crippen LogP) is 8.39. The molecule has 0 aliphatic carbocycles. The van der Waals surface area contributed by atoms with Gasteiger partial charge in [0.25, 0.3) is 0 Å². The minimum atomic E-state index is -0.265. The average Bonchev–Trinajstić information content (AvgIpc) is 2.80. The fourth-order valence-electron chi connectivity index (χ4n) is 5.70. The van der Waals surface area contributed by atoms with E-state index in [1.54, 1.807) is 0 Å². The summed E-state index contributed by atoms with van der Waals surface area (Å²) < 4.78 is 12.4. The van der Waals surface area contributed by atoms with Crippen LogP contribution in [0.2, 0.25) is 0 Å². The number of nitrogens with two attached hydrogens (primary N) is 1. The van der Waals surface area contributed by atoms with Gasteiger partial charge >= 0.3 is 5.97 Å². The molecule has 0 amide bonds. The van der Waals surface area contributed by atoms with Crippen LogP contribution < -0.4 is 15.2 Å². The normalized spacial score (nSPS) is 19.1. The molecule has 206 valence electrons. The molecular weight excluding hydrogens is 446 g/mol. The summed E-state index contributed by atoms with van der Waals surface area (Å²) in [5, 5.41) is 0. The number of esters is 1. The zero-order valence-corrected chi connectivity index (χ0v) is 24.7. The summed E-state index contributed by atoms with van der Waals surface area (Å²) in [6.45, 7) is 18.3. The van der Waals surface area contributed by atoms with E-state index in [1.807, 2.05) is 6.92 Å². The lowest BCUT2D eigenvalue weighted by atomic mass is 9.83. The molecule has 0 aromatic heterocycles. The number of carbonyl (C=O) groups excluding carboxylic acids is 1. The van der Waals surface area contributed by atoms with Crippen LogP contribution in [0.3, 0.4) is 0 Å². The summed E-state index contributed by atoms with van der Waals surface area (Å²) in [6.07, 6.45) is 14.0. The highest BCUT2D eigenvalue weighted by Crippen LogP contribution is 2.45. The zero-order chi connectivity index (χ0) is 26.9. The lowest BCUT2D eigenvalue weighted by Crippen LogP contribution is -2.37. The molecule has 3 atom stereocenters. The van der Waals surface area contributed by atoms with Crippen molar-refractivity contribution >= 4 is 5.97 Å². The van der Waals surface area contributed by atoms with E-state index in [0.717, 1.165) is 59.5 Å². The van der Waals surface area contributed by atoms with Crippen molar-refractivity contribution in [2.24, 2.45) is 23.5 Å². The third-order valence-electron chi connectivity index (χ3n) is 8.40. The van der Waals surface area contributed by atoms with Gasteiger partial charge in [0, 0.05) is 12.1 Å². The zero-order valence-electron chi connectivity index (χ0n) is 24.7. The number of hydrogen-bond acceptors (Lipinski definition) is 4. The Labute approximate surface area is 222 Å². The van der Waals surface area contributed by atoms with E-state index in [1.165, 1.54) is 56.9 Å². The maximum atomic E-state index is 12.1. The van der Waals surface area contributed by atoms with Gasteiger partial charge in [-0.15, -0.1) is 0 Å². The first-order valence-electron chi connectivity index (χ1n) is 14.7. The third kappa shape index (κ3) is 9.08.